The van der Waals surface area contributed by atoms with Crippen LogP contribution in [0.1, 0.15) is 38.5 Å². The Morgan fingerprint density at radius 1 is 0.900 bits per heavy atom. The average Bonchev–Trinajstić information content (AvgIpc) is 2.47. The number of esters is 1. The van der Waals surface area contributed by atoms with E-state index in [9.17, 15) is 4.79 Å². The van der Waals surface area contributed by atoms with E-state index < -0.39 is 0 Å². The first-order valence-corrected chi connectivity index (χ1v) is 8.16. The van der Waals surface area contributed by atoms with E-state index in [1.807, 2.05) is 0 Å². The summed E-state index contributed by atoms with van der Waals surface area (Å²) in [5.74, 6) is -0.129. The molecule has 0 bridgehead atoms. The molecule has 0 radical (unpaired) electrons. The van der Waals surface area contributed by atoms with Crippen LogP contribution in [0.4, 0.5) is 0 Å². The molecular formula is C17H25BrO2. The van der Waals surface area contributed by atoms with Gasteiger partial charge in [-0.1, -0.05) is 64.5 Å². The number of alkyl halides is 1. The molecule has 0 atom stereocenters. The number of halogens is 1. The minimum absolute atomic E-state index is 0.129. The van der Waals surface area contributed by atoms with Crippen LogP contribution in [-0.4, -0.2) is 18.4 Å². The van der Waals surface area contributed by atoms with Gasteiger partial charge in [0.05, 0.1) is 7.11 Å². The van der Waals surface area contributed by atoms with Gasteiger partial charge in [-0.2, -0.15) is 0 Å². The second-order valence-corrected chi connectivity index (χ2v) is 4.86. The van der Waals surface area contributed by atoms with Gasteiger partial charge >= 0.3 is 5.97 Å². The van der Waals surface area contributed by atoms with Crippen molar-refractivity contribution in [3.05, 3.63) is 48.6 Å². The molecule has 0 fully saturated rings. The van der Waals surface area contributed by atoms with Gasteiger partial charge in [0.2, 0.25) is 0 Å². The summed E-state index contributed by atoms with van der Waals surface area (Å²) in [6.45, 7) is 0. The van der Waals surface area contributed by atoms with Crippen LogP contribution in [0.2, 0.25) is 0 Å². The van der Waals surface area contributed by atoms with Crippen LogP contribution in [0.5, 0.6) is 0 Å². The number of hydrogen-bond acceptors (Lipinski definition) is 2. The Hall–Kier alpha value is -1.09. The molecule has 0 heterocycles. The first kappa shape index (κ1) is 18.9. The first-order valence-electron chi connectivity index (χ1n) is 7.04. The van der Waals surface area contributed by atoms with E-state index >= 15 is 0 Å². The van der Waals surface area contributed by atoms with Crippen LogP contribution in [0.15, 0.2) is 48.6 Å². The summed E-state index contributed by atoms with van der Waals surface area (Å²) in [7, 11) is 1.43. The zero-order chi connectivity index (χ0) is 14.9. The predicted octanol–water partition coefficient (Wildman–Crippen LogP) is 5.12. The Balaban J connectivity index is 3.42. The maximum Gasteiger partial charge on any atom is 0.305 e. The highest BCUT2D eigenvalue weighted by atomic mass is 79.9. The molecule has 0 amide bonds. The molecule has 3 heteroatoms. The largest absolute Gasteiger partial charge is 0.469 e. The molecule has 0 saturated heterocycles. The summed E-state index contributed by atoms with van der Waals surface area (Å²) >= 11 is 3.34. The van der Waals surface area contributed by atoms with Crippen LogP contribution >= 0.6 is 15.9 Å². The number of rotatable bonds is 11. The van der Waals surface area contributed by atoms with Gasteiger partial charge in [0.15, 0.2) is 0 Å². The highest BCUT2D eigenvalue weighted by molar-refractivity contribution is 9.09. The Bertz CT molecular complexity index is 341. The summed E-state index contributed by atoms with van der Waals surface area (Å²) in [4.78, 5) is 10.9. The monoisotopic (exact) mass is 340 g/mol. The molecule has 0 aliphatic heterocycles. The standard InChI is InChI=1S/C17H25BrO2/c1-20-17(19)15-13-11-9-7-5-3-2-4-6-8-10-12-14-16-18/h2-3,6-9,12,14H,4-5,10-11,13,15-16H2,1H3/b3-2+,8-6+,9-7+,14-12+. The van der Waals surface area contributed by atoms with E-state index in [0.29, 0.717) is 6.42 Å². The molecule has 0 spiro atoms. The second kappa shape index (κ2) is 16.0. The normalized spacial score (nSPS) is 12.3. The predicted molar refractivity (Wildman–Crippen MR) is 90.1 cm³/mol. The summed E-state index contributed by atoms with van der Waals surface area (Å²) in [6, 6.07) is 0. The summed E-state index contributed by atoms with van der Waals surface area (Å²) in [5.41, 5.74) is 0. The van der Waals surface area contributed by atoms with Gasteiger partial charge in [-0.05, 0) is 32.1 Å². The topological polar surface area (TPSA) is 26.3 Å². The third-order valence-electron chi connectivity index (χ3n) is 2.55. The summed E-state index contributed by atoms with van der Waals surface area (Å²) in [6.07, 6.45) is 22.4. The van der Waals surface area contributed by atoms with Gasteiger partial charge in [0.25, 0.3) is 0 Å². The molecule has 2 nitrogen and oxygen atoms in total. The number of allylic oxidation sites excluding steroid dienone is 8. The van der Waals surface area contributed by atoms with Gasteiger partial charge in [-0.15, -0.1) is 0 Å². The smallest absolute Gasteiger partial charge is 0.305 e. The van der Waals surface area contributed by atoms with Crippen LogP contribution in [0.3, 0.4) is 0 Å². The number of carbonyl (C=O) groups is 1. The molecule has 0 aliphatic carbocycles. The molecule has 0 aromatic rings. The van der Waals surface area contributed by atoms with Gasteiger partial charge in [0.1, 0.15) is 0 Å². The van der Waals surface area contributed by atoms with Crippen molar-refractivity contribution in [1.82, 2.24) is 0 Å². The Morgan fingerprint density at radius 3 is 1.90 bits per heavy atom. The van der Waals surface area contributed by atoms with Crippen molar-refractivity contribution in [3.63, 3.8) is 0 Å². The molecule has 0 aliphatic rings. The zero-order valence-electron chi connectivity index (χ0n) is 12.3. The number of ether oxygens (including phenoxy) is 1. The molecule has 0 aromatic carbocycles. The van der Waals surface area contributed by atoms with Crippen molar-refractivity contribution >= 4 is 21.9 Å². The molecule has 0 unspecified atom stereocenters. The van der Waals surface area contributed by atoms with E-state index in [2.05, 4.69) is 69.3 Å². The lowest BCUT2D eigenvalue weighted by Crippen LogP contribution is -1.98. The lowest BCUT2D eigenvalue weighted by molar-refractivity contribution is -0.140. The quantitative estimate of drug-likeness (QED) is 0.226. The fraction of sp³-hybridized carbons (Fsp3) is 0.471. The Morgan fingerprint density at radius 2 is 1.40 bits per heavy atom. The maximum absolute atomic E-state index is 10.9. The van der Waals surface area contributed by atoms with E-state index in [0.717, 1.165) is 37.4 Å². The SMILES string of the molecule is COC(=O)CCC/C=C/C/C=C/C/C=C/C/C=C/CBr. The minimum Gasteiger partial charge on any atom is -0.469 e. The minimum atomic E-state index is -0.129. The number of hydrogen-bond donors (Lipinski definition) is 0. The fourth-order valence-corrected chi connectivity index (χ4v) is 1.72. The Labute approximate surface area is 131 Å². The van der Waals surface area contributed by atoms with Crippen molar-refractivity contribution in [2.24, 2.45) is 0 Å². The van der Waals surface area contributed by atoms with Gasteiger partial charge in [0, 0.05) is 11.8 Å². The van der Waals surface area contributed by atoms with Crippen LogP contribution in [0.25, 0.3) is 0 Å². The maximum atomic E-state index is 10.9. The van der Waals surface area contributed by atoms with Crippen molar-refractivity contribution < 1.29 is 9.53 Å². The third-order valence-corrected chi connectivity index (χ3v) is 2.93. The highest BCUT2D eigenvalue weighted by Gasteiger charge is 1.96. The molecular weight excluding hydrogens is 316 g/mol. The molecule has 20 heavy (non-hydrogen) atoms. The third kappa shape index (κ3) is 15.0. The van der Waals surface area contributed by atoms with E-state index in [4.69, 9.17) is 0 Å². The van der Waals surface area contributed by atoms with Crippen LogP contribution in [0, 0.1) is 0 Å². The van der Waals surface area contributed by atoms with Crippen LogP contribution < -0.4 is 0 Å². The second-order valence-electron chi connectivity index (χ2n) is 4.22. The van der Waals surface area contributed by atoms with Crippen molar-refractivity contribution in [2.45, 2.75) is 38.5 Å². The molecule has 0 saturated carbocycles. The van der Waals surface area contributed by atoms with E-state index in [1.54, 1.807) is 0 Å². The van der Waals surface area contributed by atoms with Gasteiger partial charge in [-0.25, -0.2) is 0 Å². The lowest BCUT2D eigenvalue weighted by atomic mass is 10.2. The van der Waals surface area contributed by atoms with Crippen molar-refractivity contribution in [3.8, 4) is 0 Å². The van der Waals surface area contributed by atoms with Crippen molar-refractivity contribution in [1.29, 1.82) is 0 Å². The Kier molecular flexibility index (Phi) is 15.1. The molecule has 0 N–H and O–H groups in total. The number of unbranched alkanes of at least 4 members (excludes halogenated alkanes) is 1. The first-order chi connectivity index (χ1) is 9.81. The summed E-state index contributed by atoms with van der Waals surface area (Å²) in [5, 5.41) is 0.923. The van der Waals surface area contributed by atoms with Crippen LogP contribution in [-0.2, 0) is 9.53 Å². The fourth-order valence-electron chi connectivity index (χ4n) is 1.46. The molecule has 0 rings (SSSR count). The van der Waals surface area contributed by atoms with Gasteiger partial charge in [-0.3, -0.25) is 4.79 Å². The zero-order valence-corrected chi connectivity index (χ0v) is 13.8. The average molecular weight is 341 g/mol. The lowest BCUT2D eigenvalue weighted by Gasteiger charge is -1.95. The highest BCUT2D eigenvalue weighted by Crippen LogP contribution is 2.00. The van der Waals surface area contributed by atoms with E-state index in [1.165, 1.54) is 7.11 Å². The van der Waals surface area contributed by atoms with Gasteiger partial charge < -0.3 is 4.74 Å². The molecule has 0 aromatic heterocycles. The van der Waals surface area contributed by atoms with Crippen molar-refractivity contribution in [2.75, 3.05) is 12.4 Å². The molecule has 112 valence electrons. The van der Waals surface area contributed by atoms with E-state index in [-0.39, 0.29) is 5.97 Å². The number of methoxy groups -OCH3 is 1. The summed E-state index contributed by atoms with van der Waals surface area (Å²) < 4.78 is 4.58. The number of carbonyl (C=O) groups excluding carboxylic acids is 1.